The fourth-order valence-corrected chi connectivity index (χ4v) is 4.58. The number of nitrogens with one attached hydrogen (secondary N) is 1. The zero-order valence-corrected chi connectivity index (χ0v) is 16.6. The molecule has 140 valence electrons. The molecule has 0 fully saturated rings. The second-order valence-electron chi connectivity index (χ2n) is 7.22. The first-order chi connectivity index (χ1) is 13.0. The standard InChI is InChI=1S/C21H23N3O2S/c1-13-6-7-16(14(2)11-13)19-18-17(23(3)21(26)22-19)12-24(20(18)25)9-8-15-5-4-10-27-15/h4-7,10-11,19H,8-9,12H2,1-3H3,(H,22,26). The van der Waals surface area contributed by atoms with Crippen LogP contribution in [-0.2, 0) is 11.2 Å². The molecule has 1 aromatic carbocycles. The zero-order chi connectivity index (χ0) is 19.1. The van der Waals surface area contributed by atoms with E-state index in [9.17, 15) is 9.59 Å². The largest absolute Gasteiger partial charge is 0.333 e. The molecule has 5 nitrogen and oxygen atoms in total. The molecule has 0 saturated heterocycles. The molecular weight excluding hydrogens is 358 g/mol. The summed E-state index contributed by atoms with van der Waals surface area (Å²) in [6.45, 7) is 5.22. The third-order valence-corrected chi connectivity index (χ3v) is 6.32. The van der Waals surface area contributed by atoms with E-state index in [1.165, 1.54) is 10.4 Å². The van der Waals surface area contributed by atoms with E-state index in [4.69, 9.17) is 0 Å². The number of rotatable bonds is 4. The Bertz CT molecular complexity index is 933. The summed E-state index contributed by atoms with van der Waals surface area (Å²) in [5, 5.41) is 5.07. The number of hydrogen-bond acceptors (Lipinski definition) is 3. The molecule has 1 N–H and O–H groups in total. The first-order valence-corrected chi connectivity index (χ1v) is 9.99. The van der Waals surface area contributed by atoms with Crippen molar-refractivity contribution in [1.82, 2.24) is 15.1 Å². The van der Waals surface area contributed by atoms with Gasteiger partial charge in [0.1, 0.15) is 0 Å². The number of aryl methyl sites for hydroxylation is 2. The highest BCUT2D eigenvalue weighted by molar-refractivity contribution is 7.09. The van der Waals surface area contributed by atoms with Crippen molar-refractivity contribution in [3.05, 3.63) is 68.5 Å². The van der Waals surface area contributed by atoms with Crippen LogP contribution in [0.4, 0.5) is 4.79 Å². The summed E-state index contributed by atoms with van der Waals surface area (Å²) in [4.78, 5) is 30.4. The lowest BCUT2D eigenvalue weighted by Gasteiger charge is -2.31. The van der Waals surface area contributed by atoms with Gasteiger partial charge in [-0.3, -0.25) is 9.69 Å². The van der Waals surface area contributed by atoms with E-state index in [2.05, 4.69) is 22.8 Å². The Morgan fingerprint density at radius 3 is 2.74 bits per heavy atom. The summed E-state index contributed by atoms with van der Waals surface area (Å²) < 4.78 is 0. The summed E-state index contributed by atoms with van der Waals surface area (Å²) in [5.41, 5.74) is 4.76. The van der Waals surface area contributed by atoms with Gasteiger partial charge in [-0.15, -0.1) is 11.3 Å². The Balaban J connectivity index is 1.64. The van der Waals surface area contributed by atoms with Crippen molar-refractivity contribution in [3.63, 3.8) is 0 Å². The summed E-state index contributed by atoms with van der Waals surface area (Å²) in [6.07, 6.45) is 0.837. The minimum atomic E-state index is -0.386. The van der Waals surface area contributed by atoms with Crippen LogP contribution in [0.25, 0.3) is 0 Å². The van der Waals surface area contributed by atoms with Gasteiger partial charge in [0.05, 0.1) is 23.9 Å². The van der Waals surface area contributed by atoms with E-state index in [0.29, 0.717) is 18.7 Å². The van der Waals surface area contributed by atoms with Crippen LogP contribution in [0.2, 0.25) is 0 Å². The normalized spacial score (nSPS) is 19.6. The number of hydrogen-bond donors (Lipinski definition) is 1. The van der Waals surface area contributed by atoms with Gasteiger partial charge in [-0.2, -0.15) is 0 Å². The quantitative estimate of drug-likeness (QED) is 0.883. The van der Waals surface area contributed by atoms with Crippen LogP contribution >= 0.6 is 11.3 Å². The minimum absolute atomic E-state index is 0.0263. The lowest BCUT2D eigenvalue weighted by Crippen LogP contribution is -2.45. The van der Waals surface area contributed by atoms with Gasteiger partial charge in [-0.1, -0.05) is 29.8 Å². The molecule has 0 saturated carbocycles. The molecule has 2 aliphatic rings. The second-order valence-corrected chi connectivity index (χ2v) is 8.25. The van der Waals surface area contributed by atoms with Gasteiger partial charge in [-0.25, -0.2) is 4.79 Å². The number of carbonyl (C=O) groups excluding carboxylic acids is 2. The van der Waals surface area contributed by atoms with Gasteiger partial charge in [0.25, 0.3) is 5.91 Å². The maximum Gasteiger partial charge on any atom is 0.322 e. The molecule has 3 amide bonds. The van der Waals surface area contributed by atoms with Crippen molar-refractivity contribution >= 4 is 23.3 Å². The average molecular weight is 382 g/mol. The van der Waals surface area contributed by atoms with E-state index < -0.39 is 0 Å². The first kappa shape index (κ1) is 17.8. The van der Waals surface area contributed by atoms with Gasteiger partial charge in [0, 0.05) is 18.5 Å². The molecule has 0 bridgehead atoms. The van der Waals surface area contributed by atoms with E-state index in [-0.39, 0.29) is 18.0 Å². The molecule has 0 radical (unpaired) electrons. The van der Waals surface area contributed by atoms with E-state index in [1.54, 1.807) is 23.3 Å². The molecule has 27 heavy (non-hydrogen) atoms. The molecular formula is C21H23N3O2S. The Labute approximate surface area is 163 Å². The monoisotopic (exact) mass is 381 g/mol. The van der Waals surface area contributed by atoms with Crippen molar-refractivity contribution in [2.24, 2.45) is 0 Å². The van der Waals surface area contributed by atoms with Crippen LogP contribution in [0.1, 0.15) is 27.6 Å². The van der Waals surface area contributed by atoms with Gasteiger partial charge < -0.3 is 10.2 Å². The maximum absolute atomic E-state index is 13.2. The highest BCUT2D eigenvalue weighted by atomic mass is 32.1. The highest BCUT2D eigenvalue weighted by Gasteiger charge is 2.42. The molecule has 1 atom stereocenters. The maximum atomic E-state index is 13.2. The van der Waals surface area contributed by atoms with Crippen LogP contribution in [0, 0.1) is 13.8 Å². The molecule has 0 spiro atoms. The van der Waals surface area contributed by atoms with Crippen molar-refractivity contribution < 1.29 is 9.59 Å². The smallest absolute Gasteiger partial charge is 0.322 e. The Morgan fingerprint density at radius 1 is 1.22 bits per heavy atom. The van der Waals surface area contributed by atoms with Gasteiger partial charge in [0.15, 0.2) is 0 Å². The number of thiophene rings is 1. The van der Waals surface area contributed by atoms with Crippen molar-refractivity contribution in [1.29, 1.82) is 0 Å². The predicted molar refractivity (Wildman–Crippen MR) is 107 cm³/mol. The Morgan fingerprint density at radius 2 is 2.04 bits per heavy atom. The summed E-state index contributed by atoms with van der Waals surface area (Å²) in [6, 6.07) is 9.72. The molecule has 2 aromatic rings. The lowest BCUT2D eigenvalue weighted by atomic mass is 9.91. The summed E-state index contributed by atoms with van der Waals surface area (Å²) in [7, 11) is 1.74. The minimum Gasteiger partial charge on any atom is -0.333 e. The van der Waals surface area contributed by atoms with E-state index in [1.807, 2.05) is 36.9 Å². The predicted octanol–water partition coefficient (Wildman–Crippen LogP) is 3.40. The SMILES string of the molecule is Cc1ccc(C2NC(=O)N(C)C3=C2C(=O)N(CCc2cccs2)C3)c(C)c1. The van der Waals surface area contributed by atoms with Crippen LogP contribution in [0.5, 0.6) is 0 Å². The van der Waals surface area contributed by atoms with Gasteiger partial charge in [0.2, 0.25) is 0 Å². The molecule has 4 rings (SSSR count). The second kappa shape index (κ2) is 6.85. The van der Waals surface area contributed by atoms with Crippen LogP contribution in [0.3, 0.4) is 0 Å². The number of likely N-dealkylation sites (N-methyl/N-ethyl adjacent to an activating group) is 1. The Hall–Kier alpha value is -2.60. The molecule has 3 heterocycles. The summed E-state index contributed by atoms with van der Waals surface area (Å²) in [5.74, 6) is 0.0263. The molecule has 1 aromatic heterocycles. The van der Waals surface area contributed by atoms with Crippen molar-refractivity contribution in [2.45, 2.75) is 26.3 Å². The highest BCUT2D eigenvalue weighted by Crippen LogP contribution is 2.37. The van der Waals surface area contributed by atoms with E-state index in [0.717, 1.165) is 23.2 Å². The number of amides is 3. The zero-order valence-electron chi connectivity index (χ0n) is 15.8. The Kier molecular flexibility index (Phi) is 4.52. The summed E-state index contributed by atoms with van der Waals surface area (Å²) >= 11 is 1.71. The number of benzene rings is 1. The number of urea groups is 1. The average Bonchev–Trinajstić information content (AvgIpc) is 3.25. The molecule has 2 aliphatic heterocycles. The topological polar surface area (TPSA) is 52.7 Å². The third-order valence-electron chi connectivity index (χ3n) is 5.38. The van der Waals surface area contributed by atoms with Crippen molar-refractivity contribution in [2.75, 3.05) is 20.1 Å². The van der Waals surface area contributed by atoms with Gasteiger partial charge >= 0.3 is 6.03 Å². The fourth-order valence-electron chi connectivity index (χ4n) is 3.89. The number of nitrogens with zero attached hydrogens (tertiary/aromatic N) is 2. The van der Waals surface area contributed by atoms with Gasteiger partial charge in [-0.05, 0) is 42.8 Å². The molecule has 0 aliphatic carbocycles. The lowest BCUT2D eigenvalue weighted by molar-refractivity contribution is -0.125. The van der Waals surface area contributed by atoms with Crippen LogP contribution in [-0.4, -0.2) is 41.9 Å². The molecule has 6 heteroatoms. The van der Waals surface area contributed by atoms with Crippen LogP contribution in [0.15, 0.2) is 47.0 Å². The number of carbonyl (C=O) groups is 2. The third kappa shape index (κ3) is 3.14. The van der Waals surface area contributed by atoms with Crippen LogP contribution < -0.4 is 5.32 Å². The fraction of sp³-hybridized carbons (Fsp3) is 0.333. The van der Waals surface area contributed by atoms with Crippen molar-refractivity contribution in [3.8, 4) is 0 Å². The first-order valence-electron chi connectivity index (χ1n) is 9.12. The molecule has 1 unspecified atom stereocenters. The van der Waals surface area contributed by atoms with E-state index >= 15 is 0 Å².